The summed E-state index contributed by atoms with van der Waals surface area (Å²) in [6.45, 7) is 3.80. The highest BCUT2D eigenvalue weighted by Crippen LogP contribution is 2.09. The number of amides is 1. The zero-order chi connectivity index (χ0) is 12.8. The van der Waals surface area contributed by atoms with Crippen molar-refractivity contribution >= 4 is 23.2 Å². The van der Waals surface area contributed by atoms with Gasteiger partial charge in [0.05, 0.1) is 12.8 Å². The summed E-state index contributed by atoms with van der Waals surface area (Å²) in [5, 5.41) is 15.4. The molecular weight excluding hydrogens is 238 g/mol. The molecule has 1 aromatic rings. The van der Waals surface area contributed by atoms with Crippen LogP contribution in [0, 0.1) is 5.92 Å². The molecule has 1 amide bonds. The Kier molecular flexibility index (Phi) is 5.15. The quantitative estimate of drug-likeness (QED) is 0.816. The van der Waals surface area contributed by atoms with Crippen molar-refractivity contribution in [2.45, 2.75) is 32.7 Å². The number of carbonyl (C=O) groups excluding carboxylic acids is 1. The Bertz CT molecular complexity index is 373. The van der Waals surface area contributed by atoms with E-state index in [1.54, 1.807) is 11.3 Å². The fraction of sp³-hybridized carbons (Fsp3) is 0.500. The molecule has 4 nitrogen and oxygen atoms in total. The van der Waals surface area contributed by atoms with E-state index in [4.69, 9.17) is 5.11 Å². The van der Waals surface area contributed by atoms with E-state index in [0.29, 0.717) is 6.42 Å². The van der Waals surface area contributed by atoms with E-state index in [2.05, 4.69) is 5.32 Å². The summed E-state index contributed by atoms with van der Waals surface area (Å²) in [4.78, 5) is 22.4. The van der Waals surface area contributed by atoms with E-state index in [9.17, 15) is 9.59 Å². The Morgan fingerprint density at radius 3 is 2.65 bits per heavy atom. The predicted molar refractivity (Wildman–Crippen MR) is 67.0 cm³/mol. The van der Waals surface area contributed by atoms with Crippen LogP contribution in [0.25, 0.3) is 0 Å². The summed E-state index contributed by atoms with van der Waals surface area (Å²) in [5.74, 6) is -0.902. The Morgan fingerprint density at radius 1 is 1.47 bits per heavy atom. The van der Waals surface area contributed by atoms with Crippen molar-refractivity contribution in [3.8, 4) is 0 Å². The minimum atomic E-state index is -0.889. The molecule has 0 spiro atoms. The van der Waals surface area contributed by atoms with Gasteiger partial charge >= 0.3 is 5.97 Å². The van der Waals surface area contributed by atoms with Crippen LogP contribution in [0.2, 0.25) is 0 Å². The maximum atomic E-state index is 11.7. The molecule has 0 radical (unpaired) electrons. The summed E-state index contributed by atoms with van der Waals surface area (Å²) in [6, 6.07) is 1.59. The molecule has 0 aromatic carbocycles. The van der Waals surface area contributed by atoms with Crippen molar-refractivity contribution in [3.05, 3.63) is 22.4 Å². The van der Waals surface area contributed by atoms with Crippen molar-refractivity contribution < 1.29 is 14.7 Å². The van der Waals surface area contributed by atoms with Crippen LogP contribution in [0.1, 0.15) is 25.8 Å². The van der Waals surface area contributed by atoms with Gasteiger partial charge < -0.3 is 10.4 Å². The number of aliphatic carboxylic acids is 1. The van der Waals surface area contributed by atoms with Gasteiger partial charge in [-0.3, -0.25) is 9.59 Å². The van der Waals surface area contributed by atoms with Gasteiger partial charge in [-0.2, -0.15) is 11.3 Å². The molecule has 94 valence electrons. The predicted octanol–water partition coefficient (Wildman–Crippen LogP) is 1.91. The first-order valence-corrected chi connectivity index (χ1v) is 6.45. The van der Waals surface area contributed by atoms with Gasteiger partial charge in [0, 0.05) is 6.04 Å². The molecule has 1 unspecified atom stereocenters. The molecule has 1 rings (SSSR count). The van der Waals surface area contributed by atoms with E-state index >= 15 is 0 Å². The average molecular weight is 255 g/mol. The summed E-state index contributed by atoms with van der Waals surface area (Å²) in [5.41, 5.74) is 0.963. The van der Waals surface area contributed by atoms with Crippen LogP contribution in [0.15, 0.2) is 16.8 Å². The lowest BCUT2D eigenvalue weighted by atomic mass is 10.0. The van der Waals surface area contributed by atoms with Crippen LogP contribution in [0.5, 0.6) is 0 Å². The minimum absolute atomic E-state index is 0.0347. The number of carboxylic acid groups (broad SMARTS) is 1. The Labute approximate surface area is 105 Å². The van der Waals surface area contributed by atoms with Crippen molar-refractivity contribution in [1.29, 1.82) is 0 Å². The van der Waals surface area contributed by atoms with E-state index in [0.717, 1.165) is 5.56 Å². The van der Waals surface area contributed by atoms with Crippen molar-refractivity contribution in [1.82, 2.24) is 5.32 Å². The van der Waals surface area contributed by atoms with Gasteiger partial charge in [-0.25, -0.2) is 0 Å². The summed E-state index contributed by atoms with van der Waals surface area (Å²) >= 11 is 1.54. The molecule has 5 heteroatoms. The number of thiophene rings is 1. The number of rotatable bonds is 6. The van der Waals surface area contributed by atoms with E-state index in [1.165, 1.54) is 0 Å². The number of nitrogens with one attached hydrogen (secondary N) is 1. The highest BCUT2D eigenvalue weighted by atomic mass is 32.1. The largest absolute Gasteiger partial charge is 0.481 e. The smallest absolute Gasteiger partial charge is 0.305 e. The molecule has 1 aromatic heterocycles. The molecule has 0 fully saturated rings. The first-order valence-electron chi connectivity index (χ1n) is 5.51. The van der Waals surface area contributed by atoms with E-state index in [-0.39, 0.29) is 24.3 Å². The number of carbonyl (C=O) groups is 2. The number of hydrogen-bond acceptors (Lipinski definition) is 3. The monoisotopic (exact) mass is 255 g/mol. The highest BCUT2D eigenvalue weighted by molar-refractivity contribution is 7.07. The van der Waals surface area contributed by atoms with E-state index < -0.39 is 5.97 Å². The van der Waals surface area contributed by atoms with Crippen molar-refractivity contribution in [3.63, 3.8) is 0 Å². The third-order valence-electron chi connectivity index (χ3n) is 2.49. The molecule has 0 bridgehead atoms. The fourth-order valence-electron chi connectivity index (χ4n) is 1.48. The molecule has 0 saturated carbocycles. The second kappa shape index (κ2) is 6.39. The second-order valence-corrected chi connectivity index (χ2v) is 5.10. The second-order valence-electron chi connectivity index (χ2n) is 4.32. The van der Waals surface area contributed by atoms with E-state index in [1.807, 2.05) is 30.7 Å². The normalized spacial score (nSPS) is 12.4. The SMILES string of the molecule is CC(C)C(CC(=O)O)NC(=O)Cc1ccsc1. The lowest BCUT2D eigenvalue weighted by Gasteiger charge is -2.20. The van der Waals surface area contributed by atoms with Gasteiger partial charge in [-0.15, -0.1) is 0 Å². The van der Waals surface area contributed by atoms with Gasteiger partial charge in [-0.1, -0.05) is 13.8 Å². The van der Waals surface area contributed by atoms with Gasteiger partial charge in [0.1, 0.15) is 0 Å². The first kappa shape index (κ1) is 13.7. The molecular formula is C12H17NO3S. The molecule has 0 saturated heterocycles. The van der Waals surface area contributed by atoms with Crippen LogP contribution in [0.3, 0.4) is 0 Å². The summed E-state index contributed by atoms with van der Waals surface area (Å²) in [7, 11) is 0. The Morgan fingerprint density at radius 2 is 2.18 bits per heavy atom. The van der Waals surface area contributed by atoms with Crippen molar-refractivity contribution in [2.75, 3.05) is 0 Å². The zero-order valence-corrected chi connectivity index (χ0v) is 10.8. The van der Waals surface area contributed by atoms with Crippen LogP contribution in [0.4, 0.5) is 0 Å². The molecule has 1 heterocycles. The van der Waals surface area contributed by atoms with Crippen LogP contribution in [-0.2, 0) is 16.0 Å². The molecule has 1 atom stereocenters. The minimum Gasteiger partial charge on any atom is -0.481 e. The lowest BCUT2D eigenvalue weighted by molar-refractivity contribution is -0.138. The summed E-state index contributed by atoms with van der Waals surface area (Å²) in [6.07, 6.45) is 0.277. The topological polar surface area (TPSA) is 66.4 Å². The van der Waals surface area contributed by atoms with Gasteiger partial charge in [0.15, 0.2) is 0 Å². The number of hydrogen-bond donors (Lipinski definition) is 2. The van der Waals surface area contributed by atoms with Gasteiger partial charge in [0.25, 0.3) is 0 Å². The molecule has 2 N–H and O–H groups in total. The van der Waals surface area contributed by atoms with Gasteiger partial charge in [0.2, 0.25) is 5.91 Å². The van der Waals surface area contributed by atoms with Crippen molar-refractivity contribution in [2.24, 2.45) is 5.92 Å². The van der Waals surface area contributed by atoms with Gasteiger partial charge in [-0.05, 0) is 28.3 Å². The Hall–Kier alpha value is -1.36. The standard InChI is InChI=1S/C12H17NO3S/c1-8(2)10(6-12(15)16)13-11(14)5-9-3-4-17-7-9/h3-4,7-8,10H,5-6H2,1-2H3,(H,13,14)(H,15,16). The zero-order valence-electron chi connectivity index (χ0n) is 9.97. The number of carboxylic acids is 1. The van der Waals surface area contributed by atoms with Crippen LogP contribution < -0.4 is 5.32 Å². The maximum absolute atomic E-state index is 11.7. The highest BCUT2D eigenvalue weighted by Gasteiger charge is 2.19. The molecule has 0 aliphatic rings. The third-order valence-corrected chi connectivity index (χ3v) is 3.22. The fourth-order valence-corrected chi connectivity index (χ4v) is 2.15. The molecule has 0 aliphatic heterocycles. The Balaban J connectivity index is 2.49. The third kappa shape index (κ3) is 4.99. The maximum Gasteiger partial charge on any atom is 0.305 e. The van der Waals surface area contributed by atoms with Crippen LogP contribution >= 0.6 is 11.3 Å². The molecule has 17 heavy (non-hydrogen) atoms. The average Bonchev–Trinajstić information content (AvgIpc) is 2.68. The molecule has 0 aliphatic carbocycles. The first-order chi connectivity index (χ1) is 7.99. The summed E-state index contributed by atoms with van der Waals surface area (Å²) < 4.78 is 0. The lowest BCUT2D eigenvalue weighted by Crippen LogP contribution is -2.40. The van der Waals surface area contributed by atoms with Crippen LogP contribution in [-0.4, -0.2) is 23.0 Å².